The van der Waals surface area contributed by atoms with Crippen LogP contribution in [0.25, 0.3) is 0 Å². The van der Waals surface area contributed by atoms with E-state index in [2.05, 4.69) is 10.6 Å². The number of amides is 2. The van der Waals surface area contributed by atoms with Crippen LogP contribution in [-0.4, -0.2) is 18.4 Å². The molecule has 1 aromatic rings. The highest BCUT2D eigenvalue weighted by Crippen LogP contribution is 2.38. The normalized spacial score (nSPS) is 16.7. The van der Waals surface area contributed by atoms with Crippen LogP contribution in [0.5, 0.6) is 0 Å². The first-order valence-corrected chi connectivity index (χ1v) is 8.01. The molecule has 0 saturated heterocycles. The number of rotatable bonds is 5. The third-order valence-electron chi connectivity index (χ3n) is 4.44. The minimum Gasteiger partial charge on any atom is -0.330 e. The Bertz CT molecular complexity index is 583. The first-order valence-electron chi connectivity index (χ1n) is 8.01. The largest absolute Gasteiger partial charge is 0.330 e. The highest BCUT2D eigenvalue weighted by atomic mass is 19.1. The van der Waals surface area contributed by atoms with Gasteiger partial charge in [0.25, 0.3) is 0 Å². The average Bonchev–Trinajstić information content (AvgIpc) is 2.51. The maximum atomic E-state index is 13.9. The minimum atomic E-state index is -0.530. The predicted molar refractivity (Wildman–Crippen MR) is 88.5 cm³/mol. The second-order valence-electron chi connectivity index (χ2n) is 6.37. The summed E-state index contributed by atoms with van der Waals surface area (Å²) >= 11 is 0. The van der Waals surface area contributed by atoms with Gasteiger partial charge in [0, 0.05) is 19.0 Å². The van der Waals surface area contributed by atoms with Crippen LogP contribution in [0, 0.1) is 11.2 Å². The summed E-state index contributed by atoms with van der Waals surface area (Å²) in [6.07, 6.45) is 5.51. The molecule has 1 aromatic carbocycles. The molecule has 0 bridgehead atoms. The average molecular weight is 321 g/mol. The molecule has 1 saturated carbocycles. The Labute approximate surface area is 135 Å². The maximum Gasteiger partial charge on any atom is 0.225 e. The molecule has 126 valence electrons. The van der Waals surface area contributed by atoms with Crippen LogP contribution in [0.2, 0.25) is 0 Å². The van der Waals surface area contributed by atoms with Gasteiger partial charge >= 0.3 is 0 Å². The van der Waals surface area contributed by atoms with Gasteiger partial charge in [-0.15, -0.1) is 0 Å². The minimum absolute atomic E-state index is 0.0734. The molecule has 0 heterocycles. The van der Waals surface area contributed by atoms with E-state index in [0.717, 1.165) is 25.7 Å². The number of carbonyl (C=O) groups excluding carboxylic acids is 2. The van der Waals surface area contributed by atoms with E-state index in [1.54, 1.807) is 0 Å². The topological polar surface area (TPSA) is 84.2 Å². The van der Waals surface area contributed by atoms with E-state index in [0.29, 0.717) is 18.7 Å². The summed E-state index contributed by atoms with van der Waals surface area (Å²) in [6, 6.07) is 4.10. The molecule has 0 spiro atoms. The SMILES string of the molecule is CC(=O)Nc1ccc(F)c(NC(=O)CC2(CN)CCCCC2)c1. The molecular weight excluding hydrogens is 297 g/mol. The zero-order chi connectivity index (χ0) is 16.9. The van der Waals surface area contributed by atoms with E-state index in [9.17, 15) is 14.0 Å². The summed E-state index contributed by atoms with van der Waals surface area (Å²) in [5, 5.41) is 5.18. The second kappa shape index (κ2) is 7.55. The van der Waals surface area contributed by atoms with Crippen LogP contribution in [0.1, 0.15) is 45.4 Å². The van der Waals surface area contributed by atoms with Gasteiger partial charge in [0.1, 0.15) is 5.82 Å². The van der Waals surface area contributed by atoms with Crippen molar-refractivity contribution in [1.82, 2.24) is 0 Å². The zero-order valence-electron chi connectivity index (χ0n) is 13.5. The van der Waals surface area contributed by atoms with Gasteiger partial charge in [0.2, 0.25) is 11.8 Å². The van der Waals surface area contributed by atoms with E-state index in [4.69, 9.17) is 5.73 Å². The molecule has 0 aromatic heterocycles. The Kier molecular flexibility index (Phi) is 5.71. The van der Waals surface area contributed by atoms with E-state index in [-0.39, 0.29) is 22.9 Å². The number of benzene rings is 1. The van der Waals surface area contributed by atoms with Gasteiger partial charge in [0.05, 0.1) is 5.69 Å². The molecule has 0 atom stereocenters. The van der Waals surface area contributed by atoms with Gasteiger partial charge in [-0.3, -0.25) is 9.59 Å². The van der Waals surface area contributed by atoms with Gasteiger partial charge < -0.3 is 16.4 Å². The van der Waals surface area contributed by atoms with Crippen molar-refractivity contribution in [3.8, 4) is 0 Å². The molecule has 23 heavy (non-hydrogen) atoms. The Morgan fingerprint density at radius 2 is 1.91 bits per heavy atom. The van der Waals surface area contributed by atoms with Crippen LogP contribution >= 0.6 is 0 Å². The Morgan fingerprint density at radius 3 is 2.52 bits per heavy atom. The monoisotopic (exact) mass is 321 g/mol. The Hall–Kier alpha value is -1.95. The molecule has 0 aliphatic heterocycles. The van der Waals surface area contributed by atoms with Crippen molar-refractivity contribution in [1.29, 1.82) is 0 Å². The smallest absolute Gasteiger partial charge is 0.225 e. The van der Waals surface area contributed by atoms with Gasteiger partial charge in [-0.05, 0) is 43.0 Å². The third-order valence-corrected chi connectivity index (χ3v) is 4.44. The van der Waals surface area contributed by atoms with Crippen LogP contribution in [-0.2, 0) is 9.59 Å². The Balaban J connectivity index is 2.05. The van der Waals surface area contributed by atoms with Gasteiger partial charge in [-0.2, -0.15) is 0 Å². The summed E-state index contributed by atoms with van der Waals surface area (Å²) in [5.41, 5.74) is 6.23. The lowest BCUT2D eigenvalue weighted by Crippen LogP contribution is -2.36. The fourth-order valence-corrected chi connectivity index (χ4v) is 3.19. The number of nitrogens with two attached hydrogens (primary N) is 1. The number of halogens is 1. The summed E-state index contributed by atoms with van der Waals surface area (Å²) in [7, 11) is 0. The maximum absolute atomic E-state index is 13.9. The fraction of sp³-hybridized carbons (Fsp3) is 0.529. The molecule has 2 amide bonds. The van der Waals surface area contributed by atoms with E-state index < -0.39 is 5.82 Å². The Morgan fingerprint density at radius 1 is 1.22 bits per heavy atom. The lowest BCUT2D eigenvalue weighted by atomic mass is 9.71. The molecule has 1 aliphatic carbocycles. The lowest BCUT2D eigenvalue weighted by molar-refractivity contribution is -0.119. The number of carbonyl (C=O) groups is 2. The molecule has 0 unspecified atom stereocenters. The number of hydrogen-bond donors (Lipinski definition) is 3. The van der Waals surface area contributed by atoms with Crippen molar-refractivity contribution in [3.63, 3.8) is 0 Å². The van der Waals surface area contributed by atoms with Crippen LogP contribution < -0.4 is 16.4 Å². The standard InChI is InChI=1S/C17H24FN3O2/c1-12(22)20-13-5-6-14(18)15(9-13)21-16(23)10-17(11-19)7-3-2-4-8-17/h5-6,9H,2-4,7-8,10-11,19H2,1H3,(H,20,22)(H,21,23). The molecule has 0 radical (unpaired) electrons. The van der Waals surface area contributed by atoms with Crippen molar-refractivity contribution >= 4 is 23.2 Å². The van der Waals surface area contributed by atoms with Crippen LogP contribution in [0.4, 0.5) is 15.8 Å². The molecule has 6 heteroatoms. The van der Waals surface area contributed by atoms with E-state index in [1.807, 2.05) is 0 Å². The lowest BCUT2D eigenvalue weighted by Gasteiger charge is -2.35. The van der Waals surface area contributed by atoms with E-state index in [1.165, 1.54) is 31.5 Å². The first-order chi connectivity index (χ1) is 10.9. The summed E-state index contributed by atoms with van der Waals surface area (Å²) in [6.45, 7) is 1.84. The van der Waals surface area contributed by atoms with Crippen molar-refractivity contribution in [2.75, 3.05) is 17.2 Å². The van der Waals surface area contributed by atoms with Crippen molar-refractivity contribution in [2.45, 2.75) is 45.4 Å². The van der Waals surface area contributed by atoms with Crippen molar-refractivity contribution in [3.05, 3.63) is 24.0 Å². The van der Waals surface area contributed by atoms with Crippen molar-refractivity contribution in [2.24, 2.45) is 11.1 Å². The number of nitrogens with one attached hydrogen (secondary N) is 2. The highest BCUT2D eigenvalue weighted by molar-refractivity contribution is 5.93. The number of hydrogen-bond acceptors (Lipinski definition) is 3. The van der Waals surface area contributed by atoms with Gasteiger partial charge in [0.15, 0.2) is 0 Å². The molecule has 5 nitrogen and oxygen atoms in total. The van der Waals surface area contributed by atoms with Gasteiger partial charge in [-0.25, -0.2) is 4.39 Å². The highest BCUT2D eigenvalue weighted by Gasteiger charge is 2.33. The predicted octanol–water partition coefficient (Wildman–Crippen LogP) is 3.02. The van der Waals surface area contributed by atoms with Crippen LogP contribution in [0.3, 0.4) is 0 Å². The van der Waals surface area contributed by atoms with Gasteiger partial charge in [-0.1, -0.05) is 19.3 Å². The third kappa shape index (κ3) is 4.76. The van der Waals surface area contributed by atoms with Crippen LogP contribution in [0.15, 0.2) is 18.2 Å². The molecule has 2 rings (SSSR count). The molecule has 4 N–H and O–H groups in total. The first kappa shape index (κ1) is 17.4. The van der Waals surface area contributed by atoms with E-state index >= 15 is 0 Å². The fourth-order valence-electron chi connectivity index (χ4n) is 3.19. The summed E-state index contributed by atoms with van der Waals surface area (Å²) < 4.78 is 13.9. The summed E-state index contributed by atoms with van der Waals surface area (Å²) in [4.78, 5) is 23.4. The molecular formula is C17H24FN3O2. The molecule has 1 aliphatic rings. The summed E-state index contributed by atoms with van der Waals surface area (Å²) in [5.74, 6) is -1.02. The number of anilines is 2. The zero-order valence-corrected chi connectivity index (χ0v) is 13.5. The quantitative estimate of drug-likeness (QED) is 0.779. The second-order valence-corrected chi connectivity index (χ2v) is 6.37. The molecule has 1 fully saturated rings. The van der Waals surface area contributed by atoms with Crippen molar-refractivity contribution < 1.29 is 14.0 Å².